The Hall–Kier alpha value is -1.43. The Morgan fingerprint density at radius 2 is 2.05 bits per heavy atom. The molecule has 2 heterocycles. The van der Waals surface area contributed by atoms with E-state index < -0.39 is 5.54 Å². The lowest BCUT2D eigenvalue weighted by atomic mass is 9.91. The zero-order chi connectivity index (χ0) is 14.2. The van der Waals surface area contributed by atoms with Crippen LogP contribution in [-0.2, 0) is 16.1 Å². The molecule has 1 spiro atoms. The molecule has 5 nitrogen and oxygen atoms in total. The molecule has 2 fully saturated rings. The fourth-order valence-electron chi connectivity index (χ4n) is 3.14. The van der Waals surface area contributed by atoms with Crippen LogP contribution in [0.2, 0.25) is 0 Å². The maximum absolute atomic E-state index is 12.3. The standard InChI is InChI=1S/C14H16BrN3O2/c15-10-3-4-11(16-7-10)9-18-12(19)8-17-13(20)14(18)5-1-2-6-14/h3-4,7H,1-2,5-6,8-9H2,(H,17,20). The lowest BCUT2D eigenvalue weighted by Gasteiger charge is -2.43. The van der Waals surface area contributed by atoms with E-state index in [-0.39, 0.29) is 18.4 Å². The smallest absolute Gasteiger partial charge is 0.246 e. The molecule has 0 aromatic carbocycles. The van der Waals surface area contributed by atoms with E-state index in [4.69, 9.17) is 0 Å². The van der Waals surface area contributed by atoms with Crippen molar-refractivity contribution in [1.29, 1.82) is 0 Å². The molecule has 0 bridgehead atoms. The maximum atomic E-state index is 12.3. The van der Waals surface area contributed by atoms with Gasteiger partial charge in [-0.3, -0.25) is 14.6 Å². The molecule has 1 aliphatic heterocycles. The number of carbonyl (C=O) groups is 2. The molecular formula is C14H16BrN3O2. The van der Waals surface area contributed by atoms with Gasteiger partial charge in [-0.05, 0) is 40.9 Å². The first-order valence-corrected chi connectivity index (χ1v) is 7.60. The molecule has 3 rings (SSSR count). The van der Waals surface area contributed by atoms with Gasteiger partial charge in [0.15, 0.2) is 0 Å². The van der Waals surface area contributed by atoms with Gasteiger partial charge in [-0.15, -0.1) is 0 Å². The van der Waals surface area contributed by atoms with Gasteiger partial charge in [0.1, 0.15) is 5.54 Å². The van der Waals surface area contributed by atoms with Crippen LogP contribution in [0.15, 0.2) is 22.8 Å². The summed E-state index contributed by atoms with van der Waals surface area (Å²) in [5, 5.41) is 2.73. The van der Waals surface area contributed by atoms with Crippen molar-refractivity contribution in [3.8, 4) is 0 Å². The summed E-state index contributed by atoms with van der Waals surface area (Å²) < 4.78 is 0.902. The third-order valence-electron chi connectivity index (χ3n) is 4.18. The number of aromatic nitrogens is 1. The Bertz CT molecular complexity index is 538. The summed E-state index contributed by atoms with van der Waals surface area (Å²) in [4.78, 5) is 30.6. The van der Waals surface area contributed by atoms with Gasteiger partial charge in [-0.2, -0.15) is 0 Å². The number of pyridine rings is 1. The van der Waals surface area contributed by atoms with E-state index in [2.05, 4.69) is 26.2 Å². The zero-order valence-corrected chi connectivity index (χ0v) is 12.6. The van der Waals surface area contributed by atoms with Crippen molar-refractivity contribution in [3.05, 3.63) is 28.5 Å². The van der Waals surface area contributed by atoms with Crippen LogP contribution in [0, 0.1) is 0 Å². The Balaban J connectivity index is 1.89. The summed E-state index contributed by atoms with van der Waals surface area (Å²) in [5.74, 6) is -0.0251. The van der Waals surface area contributed by atoms with Crippen molar-refractivity contribution in [2.24, 2.45) is 0 Å². The SMILES string of the molecule is O=C1CNC(=O)C2(CCCC2)N1Cc1ccc(Br)cn1. The number of nitrogens with zero attached hydrogens (tertiary/aromatic N) is 2. The van der Waals surface area contributed by atoms with Gasteiger partial charge in [0.05, 0.1) is 18.8 Å². The summed E-state index contributed by atoms with van der Waals surface area (Å²) in [6.07, 6.45) is 5.20. The van der Waals surface area contributed by atoms with Gasteiger partial charge >= 0.3 is 0 Å². The van der Waals surface area contributed by atoms with E-state index in [1.54, 1.807) is 11.1 Å². The third kappa shape index (κ3) is 2.22. The molecule has 1 aromatic heterocycles. The molecular weight excluding hydrogens is 322 g/mol. The lowest BCUT2D eigenvalue weighted by molar-refractivity contribution is -0.154. The second kappa shape index (κ2) is 5.16. The predicted molar refractivity (Wildman–Crippen MR) is 76.7 cm³/mol. The number of amides is 2. The van der Waals surface area contributed by atoms with Crippen LogP contribution in [0.4, 0.5) is 0 Å². The highest BCUT2D eigenvalue weighted by Crippen LogP contribution is 2.38. The number of nitrogens with one attached hydrogen (secondary N) is 1. The number of hydrogen-bond donors (Lipinski definition) is 1. The largest absolute Gasteiger partial charge is 0.345 e. The van der Waals surface area contributed by atoms with E-state index in [0.29, 0.717) is 6.54 Å². The van der Waals surface area contributed by atoms with E-state index in [1.165, 1.54) is 0 Å². The molecule has 1 aromatic rings. The minimum atomic E-state index is -0.649. The second-order valence-electron chi connectivity index (χ2n) is 5.37. The van der Waals surface area contributed by atoms with E-state index in [0.717, 1.165) is 35.8 Å². The van der Waals surface area contributed by atoms with E-state index in [1.807, 2.05) is 12.1 Å². The monoisotopic (exact) mass is 337 g/mol. The van der Waals surface area contributed by atoms with Gasteiger partial charge < -0.3 is 10.2 Å². The van der Waals surface area contributed by atoms with Gasteiger partial charge in [0.2, 0.25) is 11.8 Å². The first-order chi connectivity index (χ1) is 9.62. The highest BCUT2D eigenvalue weighted by molar-refractivity contribution is 9.10. The Morgan fingerprint density at radius 1 is 1.30 bits per heavy atom. The van der Waals surface area contributed by atoms with Crippen LogP contribution < -0.4 is 5.32 Å². The highest BCUT2D eigenvalue weighted by Gasteiger charge is 2.50. The van der Waals surface area contributed by atoms with Gasteiger partial charge in [-0.1, -0.05) is 12.8 Å². The summed E-state index contributed by atoms with van der Waals surface area (Å²) in [7, 11) is 0. The highest BCUT2D eigenvalue weighted by atomic mass is 79.9. The van der Waals surface area contributed by atoms with Crippen molar-refractivity contribution in [2.45, 2.75) is 37.8 Å². The first kappa shape index (κ1) is 13.5. The first-order valence-electron chi connectivity index (χ1n) is 6.81. The van der Waals surface area contributed by atoms with E-state index >= 15 is 0 Å². The van der Waals surface area contributed by atoms with Crippen LogP contribution in [0.5, 0.6) is 0 Å². The van der Waals surface area contributed by atoms with Crippen LogP contribution in [0.25, 0.3) is 0 Å². The number of piperazine rings is 1. The van der Waals surface area contributed by atoms with Crippen molar-refractivity contribution >= 4 is 27.7 Å². The quantitative estimate of drug-likeness (QED) is 0.891. The second-order valence-corrected chi connectivity index (χ2v) is 6.28. The van der Waals surface area contributed by atoms with Crippen molar-refractivity contribution in [3.63, 3.8) is 0 Å². The molecule has 1 saturated heterocycles. The minimum absolute atomic E-state index is 0.00767. The molecule has 2 amide bonds. The summed E-state index contributed by atoms with van der Waals surface area (Å²) in [6, 6.07) is 3.78. The summed E-state index contributed by atoms with van der Waals surface area (Å²) in [6.45, 7) is 0.497. The Morgan fingerprint density at radius 3 is 2.70 bits per heavy atom. The van der Waals surface area contributed by atoms with Crippen molar-refractivity contribution in [1.82, 2.24) is 15.2 Å². The average Bonchev–Trinajstić information content (AvgIpc) is 2.92. The number of hydrogen-bond acceptors (Lipinski definition) is 3. The molecule has 6 heteroatoms. The van der Waals surface area contributed by atoms with Gasteiger partial charge in [0, 0.05) is 10.7 Å². The molecule has 0 radical (unpaired) electrons. The Kier molecular flexibility index (Phi) is 3.50. The maximum Gasteiger partial charge on any atom is 0.246 e. The Labute approximate surface area is 125 Å². The fraction of sp³-hybridized carbons (Fsp3) is 0.500. The lowest BCUT2D eigenvalue weighted by Crippen LogP contribution is -2.65. The molecule has 0 atom stereocenters. The number of carbonyl (C=O) groups excluding carboxylic acids is 2. The predicted octanol–water partition coefficient (Wildman–Crippen LogP) is 1.62. The molecule has 0 unspecified atom stereocenters. The molecule has 1 N–H and O–H groups in total. The van der Waals surface area contributed by atoms with E-state index in [9.17, 15) is 9.59 Å². The summed E-state index contributed by atoms with van der Waals surface area (Å²) in [5.41, 5.74) is 0.159. The van der Waals surface area contributed by atoms with Crippen LogP contribution in [-0.4, -0.2) is 33.8 Å². The van der Waals surface area contributed by atoms with Crippen LogP contribution in [0.1, 0.15) is 31.4 Å². The van der Waals surface area contributed by atoms with Crippen molar-refractivity contribution in [2.75, 3.05) is 6.54 Å². The minimum Gasteiger partial charge on any atom is -0.345 e. The van der Waals surface area contributed by atoms with Crippen LogP contribution in [0.3, 0.4) is 0 Å². The zero-order valence-electron chi connectivity index (χ0n) is 11.1. The molecule has 1 saturated carbocycles. The van der Waals surface area contributed by atoms with Crippen LogP contribution >= 0.6 is 15.9 Å². The normalized spacial score (nSPS) is 21.4. The third-order valence-corrected chi connectivity index (χ3v) is 4.65. The topological polar surface area (TPSA) is 62.3 Å². The molecule has 1 aliphatic carbocycles. The average molecular weight is 338 g/mol. The summed E-state index contributed by atoms with van der Waals surface area (Å²) >= 11 is 3.34. The van der Waals surface area contributed by atoms with Gasteiger partial charge in [-0.25, -0.2) is 0 Å². The van der Waals surface area contributed by atoms with Crippen molar-refractivity contribution < 1.29 is 9.59 Å². The number of halogens is 1. The molecule has 106 valence electrons. The van der Waals surface area contributed by atoms with Gasteiger partial charge in [0.25, 0.3) is 0 Å². The molecule has 2 aliphatic rings. The fourth-order valence-corrected chi connectivity index (χ4v) is 3.37. The number of rotatable bonds is 2. The molecule has 20 heavy (non-hydrogen) atoms.